The molecule has 4 fully saturated rings. The minimum Gasteiger partial charge on any atom is -0.478 e. The van der Waals surface area contributed by atoms with Crippen molar-refractivity contribution in [2.75, 3.05) is 0 Å². The minimum absolute atomic E-state index is 0.0525. The highest BCUT2D eigenvalue weighted by Crippen LogP contribution is 2.61. The Hall–Kier alpha value is -1.84. The van der Waals surface area contributed by atoms with E-state index in [0.717, 1.165) is 29.7 Å². The van der Waals surface area contributed by atoms with E-state index in [4.69, 9.17) is 5.11 Å². The Morgan fingerprint density at radius 1 is 0.957 bits per heavy atom. The molecule has 4 saturated carbocycles. The van der Waals surface area contributed by atoms with Crippen LogP contribution >= 0.6 is 0 Å². The van der Waals surface area contributed by atoms with Crippen LogP contribution in [0, 0.1) is 23.2 Å². The van der Waals surface area contributed by atoms with Gasteiger partial charge in [-0.1, -0.05) is 6.07 Å². The SMILES string of the molecule is O=C(O)c1ccc(CC23CC4CC(CC(C4)C2)C3)c(C(=O)O)c1. The summed E-state index contributed by atoms with van der Waals surface area (Å²) in [6, 6.07) is 4.59. The third-order valence-corrected chi connectivity index (χ3v) is 6.32. The first-order valence-electron chi connectivity index (χ1n) is 8.54. The highest BCUT2D eigenvalue weighted by Gasteiger charge is 2.50. The molecule has 0 aliphatic heterocycles. The highest BCUT2D eigenvalue weighted by molar-refractivity contribution is 5.94. The summed E-state index contributed by atoms with van der Waals surface area (Å²) in [6.45, 7) is 0. The van der Waals surface area contributed by atoms with Crippen LogP contribution in [-0.2, 0) is 6.42 Å². The van der Waals surface area contributed by atoms with Gasteiger partial charge in [0.25, 0.3) is 0 Å². The molecule has 0 radical (unpaired) electrons. The van der Waals surface area contributed by atoms with Gasteiger partial charge in [-0.05, 0) is 85.8 Å². The smallest absolute Gasteiger partial charge is 0.335 e. The van der Waals surface area contributed by atoms with Crippen molar-refractivity contribution in [2.45, 2.75) is 44.9 Å². The molecule has 4 bridgehead atoms. The van der Waals surface area contributed by atoms with Gasteiger partial charge in [0.05, 0.1) is 11.1 Å². The largest absolute Gasteiger partial charge is 0.478 e. The first kappa shape index (κ1) is 14.7. The summed E-state index contributed by atoms with van der Waals surface area (Å²) in [7, 11) is 0. The van der Waals surface area contributed by atoms with Crippen LogP contribution in [0.1, 0.15) is 64.8 Å². The Kier molecular flexibility index (Phi) is 3.26. The Morgan fingerprint density at radius 2 is 1.52 bits per heavy atom. The van der Waals surface area contributed by atoms with E-state index in [9.17, 15) is 14.7 Å². The molecule has 0 spiro atoms. The van der Waals surface area contributed by atoms with Crippen LogP contribution in [0.4, 0.5) is 0 Å². The fourth-order valence-corrected chi connectivity index (χ4v) is 5.97. The van der Waals surface area contributed by atoms with Crippen LogP contribution in [0.3, 0.4) is 0 Å². The third-order valence-electron chi connectivity index (χ3n) is 6.32. The first-order chi connectivity index (χ1) is 10.9. The lowest BCUT2D eigenvalue weighted by Gasteiger charge is -2.57. The molecule has 0 aromatic heterocycles. The normalized spacial score (nSPS) is 34.5. The van der Waals surface area contributed by atoms with Gasteiger partial charge >= 0.3 is 11.9 Å². The van der Waals surface area contributed by atoms with Crippen molar-refractivity contribution in [1.29, 1.82) is 0 Å². The lowest BCUT2D eigenvalue weighted by Crippen LogP contribution is -2.47. The average molecular weight is 314 g/mol. The summed E-state index contributed by atoms with van der Waals surface area (Å²) in [5, 5.41) is 18.6. The summed E-state index contributed by atoms with van der Waals surface area (Å²) in [4.78, 5) is 22.7. The molecule has 4 nitrogen and oxygen atoms in total. The second-order valence-corrected chi connectivity index (χ2v) is 8.08. The zero-order chi connectivity index (χ0) is 16.2. The van der Waals surface area contributed by atoms with Gasteiger partial charge in [-0.2, -0.15) is 0 Å². The summed E-state index contributed by atoms with van der Waals surface area (Å²) in [5.74, 6) is 0.384. The topological polar surface area (TPSA) is 74.6 Å². The number of carbonyl (C=O) groups is 2. The molecule has 0 atom stereocenters. The van der Waals surface area contributed by atoms with Crippen LogP contribution in [0.5, 0.6) is 0 Å². The lowest BCUT2D eigenvalue weighted by atomic mass is 9.48. The third kappa shape index (κ3) is 2.54. The Labute approximate surface area is 135 Å². The van der Waals surface area contributed by atoms with E-state index in [1.807, 2.05) is 0 Å². The van der Waals surface area contributed by atoms with E-state index in [1.165, 1.54) is 44.6 Å². The summed E-state index contributed by atoms with van der Waals surface area (Å²) < 4.78 is 0. The van der Waals surface area contributed by atoms with Crippen LogP contribution in [-0.4, -0.2) is 22.2 Å². The highest BCUT2D eigenvalue weighted by atomic mass is 16.4. The van der Waals surface area contributed by atoms with Crippen molar-refractivity contribution in [1.82, 2.24) is 0 Å². The molecule has 122 valence electrons. The molecule has 23 heavy (non-hydrogen) atoms. The van der Waals surface area contributed by atoms with Crippen molar-refractivity contribution in [3.05, 3.63) is 34.9 Å². The summed E-state index contributed by atoms with van der Waals surface area (Å²) >= 11 is 0. The van der Waals surface area contributed by atoms with Crippen molar-refractivity contribution in [3.8, 4) is 0 Å². The maximum atomic E-state index is 11.6. The molecule has 0 heterocycles. The fraction of sp³-hybridized carbons (Fsp3) is 0.579. The van der Waals surface area contributed by atoms with Gasteiger partial charge in [0.15, 0.2) is 0 Å². The number of hydrogen-bond acceptors (Lipinski definition) is 2. The molecule has 0 saturated heterocycles. The Balaban J connectivity index is 1.66. The first-order valence-corrected chi connectivity index (χ1v) is 8.54. The average Bonchev–Trinajstić information content (AvgIpc) is 2.45. The molecule has 0 unspecified atom stereocenters. The minimum atomic E-state index is -1.08. The van der Waals surface area contributed by atoms with E-state index < -0.39 is 11.9 Å². The lowest BCUT2D eigenvalue weighted by molar-refractivity contribution is -0.0522. The Bertz CT molecular complexity index is 641. The molecular formula is C19H22O4. The van der Waals surface area contributed by atoms with Crippen LogP contribution in [0.15, 0.2) is 18.2 Å². The van der Waals surface area contributed by atoms with E-state index in [-0.39, 0.29) is 16.5 Å². The molecule has 4 aliphatic carbocycles. The van der Waals surface area contributed by atoms with Gasteiger partial charge in [0.2, 0.25) is 0 Å². The number of carboxylic acid groups (broad SMARTS) is 2. The monoisotopic (exact) mass is 314 g/mol. The standard InChI is InChI=1S/C19H22O4/c20-17(21)14-1-2-15(16(6-14)18(22)23)10-19-7-11-3-12(8-19)5-13(4-11)9-19/h1-2,6,11-13H,3-5,7-10H2,(H,20,21)(H,22,23). The molecule has 2 N–H and O–H groups in total. The van der Waals surface area contributed by atoms with Gasteiger partial charge < -0.3 is 10.2 Å². The predicted molar refractivity (Wildman–Crippen MR) is 84.7 cm³/mol. The van der Waals surface area contributed by atoms with Gasteiger partial charge in [0, 0.05) is 0 Å². The number of benzene rings is 1. The van der Waals surface area contributed by atoms with Crippen molar-refractivity contribution in [3.63, 3.8) is 0 Å². The van der Waals surface area contributed by atoms with Crippen LogP contribution < -0.4 is 0 Å². The van der Waals surface area contributed by atoms with Gasteiger partial charge in [-0.3, -0.25) is 0 Å². The van der Waals surface area contributed by atoms with Gasteiger partial charge in [0.1, 0.15) is 0 Å². The van der Waals surface area contributed by atoms with Gasteiger partial charge in [-0.25, -0.2) is 9.59 Å². The van der Waals surface area contributed by atoms with Crippen molar-refractivity contribution >= 4 is 11.9 Å². The summed E-state index contributed by atoms with van der Waals surface area (Å²) in [5.41, 5.74) is 1.28. The van der Waals surface area contributed by atoms with Gasteiger partial charge in [-0.15, -0.1) is 0 Å². The fourth-order valence-electron chi connectivity index (χ4n) is 5.97. The zero-order valence-electron chi connectivity index (χ0n) is 13.1. The molecule has 1 aromatic rings. The molecule has 5 rings (SSSR count). The van der Waals surface area contributed by atoms with Crippen LogP contribution in [0.2, 0.25) is 0 Å². The molecule has 4 aliphatic rings. The van der Waals surface area contributed by atoms with E-state index in [0.29, 0.717) is 0 Å². The van der Waals surface area contributed by atoms with E-state index in [2.05, 4.69) is 0 Å². The number of aromatic carboxylic acids is 2. The second-order valence-electron chi connectivity index (χ2n) is 8.08. The maximum Gasteiger partial charge on any atom is 0.335 e. The van der Waals surface area contributed by atoms with E-state index >= 15 is 0 Å². The Morgan fingerprint density at radius 3 is 2.00 bits per heavy atom. The molecule has 1 aromatic carbocycles. The van der Waals surface area contributed by atoms with Crippen molar-refractivity contribution in [2.24, 2.45) is 23.2 Å². The molecular weight excluding hydrogens is 292 g/mol. The zero-order valence-corrected chi connectivity index (χ0v) is 13.1. The second kappa shape index (κ2) is 5.08. The number of hydrogen-bond donors (Lipinski definition) is 2. The van der Waals surface area contributed by atoms with E-state index in [1.54, 1.807) is 12.1 Å². The summed E-state index contributed by atoms with van der Waals surface area (Å²) in [6.07, 6.45) is 8.54. The number of rotatable bonds is 4. The quantitative estimate of drug-likeness (QED) is 0.885. The number of carboxylic acids is 2. The molecule has 4 heteroatoms. The van der Waals surface area contributed by atoms with Crippen molar-refractivity contribution < 1.29 is 19.8 Å². The maximum absolute atomic E-state index is 11.6. The molecule has 0 amide bonds. The predicted octanol–water partition coefficient (Wildman–Crippen LogP) is 3.84. The van der Waals surface area contributed by atoms with Crippen LogP contribution in [0.25, 0.3) is 0 Å².